The van der Waals surface area contributed by atoms with Crippen LogP contribution >= 0.6 is 0 Å². The monoisotopic (exact) mass is 207 g/mol. The fourth-order valence-electron chi connectivity index (χ4n) is 0. The first-order chi connectivity index (χ1) is 3.73. The van der Waals surface area contributed by atoms with Crippen molar-refractivity contribution in [2.24, 2.45) is 0 Å². The number of nitro groups is 1. The van der Waals surface area contributed by atoms with Crippen molar-refractivity contribution in [3.05, 3.63) is 10.1 Å². The third-order valence-corrected chi connectivity index (χ3v) is 0. The van der Waals surface area contributed by atoms with Crippen molar-refractivity contribution in [1.82, 2.24) is 0 Å². The zero-order chi connectivity index (χ0) is 8.08. The summed E-state index contributed by atoms with van der Waals surface area (Å²) in [5.74, 6) is 0. The molecule has 0 aliphatic heterocycles. The van der Waals surface area contributed by atoms with Crippen molar-refractivity contribution in [2.75, 3.05) is 0 Å². The zero-order valence-corrected chi connectivity index (χ0v) is 5.44. The topological polar surface area (TPSA) is 118 Å². The number of hydrogen-bond acceptors (Lipinski definition) is 4. The van der Waals surface area contributed by atoms with E-state index in [1.807, 2.05) is 0 Å². The summed E-state index contributed by atoms with van der Waals surface area (Å²) in [5.41, 5.74) is 0. The summed E-state index contributed by atoms with van der Waals surface area (Å²) < 4.78 is 30.6. The number of nitrogens with zero attached hydrogens (tertiary/aromatic N) is 1. The molecule has 0 saturated carbocycles. The standard InChI is InChI=1S/Cu.NO2.H2O4S/c;2-1-3;1-5(2,3)4/h;;(H2,1,2,3,4). The van der Waals surface area contributed by atoms with Gasteiger partial charge in [-0.05, 0) is 0 Å². The molecular formula is H2CuNO6S. The van der Waals surface area contributed by atoms with E-state index in [0.717, 1.165) is 0 Å². The van der Waals surface area contributed by atoms with E-state index in [1.165, 1.54) is 0 Å². The van der Waals surface area contributed by atoms with E-state index in [4.69, 9.17) is 27.6 Å². The molecule has 0 rings (SSSR count). The van der Waals surface area contributed by atoms with Crippen LogP contribution in [0.1, 0.15) is 0 Å². The van der Waals surface area contributed by atoms with Gasteiger partial charge in [-0.1, -0.05) is 0 Å². The molecule has 0 spiro atoms. The van der Waals surface area contributed by atoms with Gasteiger partial charge in [0.1, 0.15) is 0 Å². The molecule has 0 aliphatic carbocycles. The van der Waals surface area contributed by atoms with Gasteiger partial charge >= 0.3 is 40.7 Å². The molecule has 0 unspecified atom stereocenters. The van der Waals surface area contributed by atoms with Crippen molar-refractivity contribution < 1.29 is 37.7 Å². The van der Waals surface area contributed by atoms with Crippen LogP contribution in [-0.4, -0.2) is 21.5 Å². The van der Waals surface area contributed by atoms with Crippen molar-refractivity contribution in [3.63, 3.8) is 0 Å². The SMILES string of the molecule is O=S(=O)(O)O.O=[N+]([O-])[Cu]. The Morgan fingerprint density at radius 1 is 1.44 bits per heavy atom. The fraction of sp³-hybridized carbons (Fsp3) is 0. The van der Waals surface area contributed by atoms with Crippen LogP contribution in [0.25, 0.3) is 0 Å². The molecule has 7 nitrogen and oxygen atoms in total. The van der Waals surface area contributed by atoms with Crippen LogP contribution in [-0.2, 0) is 26.6 Å². The molecular weight excluding hydrogens is 206 g/mol. The molecule has 0 radical (unpaired) electrons. The van der Waals surface area contributed by atoms with Crippen LogP contribution in [0, 0.1) is 10.1 Å². The van der Waals surface area contributed by atoms with E-state index < -0.39 is 14.3 Å². The fourth-order valence-corrected chi connectivity index (χ4v) is 0. The Morgan fingerprint density at radius 3 is 1.44 bits per heavy atom. The Labute approximate surface area is 58.8 Å². The summed E-state index contributed by atoms with van der Waals surface area (Å²) >= 11 is 3.47. The Bertz CT molecular complexity index is 155. The third kappa shape index (κ3) is 5890. The molecule has 0 bridgehead atoms. The molecule has 60 valence electrons. The van der Waals surface area contributed by atoms with Gasteiger partial charge in [0, 0.05) is 0 Å². The molecule has 9 heteroatoms. The van der Waals surface area contributed by atoms with Gasteiger partial charge in [-0.2, -0.15) is 8.42 Å². The first kappa shape index (κ1) is 11.6. The molecule has 0 heterocycles. The second kappa shape index (κ2) is 4.65. The summed E-state index contributed by atoms with van der Waals surface area (Å²) in [6.07, 6.45) is 0. The Kier molecular flexibility index (Phi) is 5.97. The molecule has 0 aliphatic rings. The molecule has 9 heavy (non-hydrogen) atoms. The molecule has 0 atom stereocenters. The van der Waals surface area contributed by atoms with Crippen LogP contribution in [0.15, 0.2) is 0 Å². The van der Waals surface area contributed by atoms with Crippen molar-refractivity contribution in [2.45, 2.75) is 0 Å². The first-order valence-corrected chi connectivity index (χ1v) is 3.02. The molecule has 0 amide bonds. The van der Waals surface area contributed by atoms with Gasteiger partial charge in [0.15, 0.2) is 0 Å². The first-order valence-electron chi connectivity index (χ1n) is 1.20. The maximum absolute atomic E-state index is 8.74. The normalized spacial score (nSPS) is 9.33. The number of hydrogen-bond donors (Lipinski definition) is 2. The van der Waals surface area contributed by atoms with Gasteiger partial charge in [0.2, 0.25) is 0 Å². The van der Waals surface area contributed by atoms with Gasteiger partial charge in [0.25, 0.3) is 0 Å². The van der Waals surface area contributed by atoms with E-state index >= 15 is 0 Å². The number of rotatable bonds is 0. The zero-order valence-electron chi connectivity index (χ0n) is 3.68. The molecule has 0 fully saturated rings. The van der Waals surface area contributed by atoms with Gasteiger partial charge in [-0.3, -0.25) is 9.11 Å². The van der Waals surface area contributed by atoms with Gasteiger partial charge in [-0.15, -0.1) is 0 Å². The van der Waals surface area contributed by atoms with E-state index in [1.54, 1.807) is 0 Å². The molecule has 0 aromatic carbocycles. The summed E-state index contributed by atoms with van der Waals surface area (Å²) in [6.45, 7) is 0. The average Bonchev–Trinajstić information content (AvgIpc) is 1.19. The Hall–Kier alpha value is -0.211. The van der Waals surface area contributed by atoms with Crippen LogP contribution in [0.3, 0.4) is 0 Å². The third-order valence-electron chi connectivity index (χ3n) is 0. The second-order valence-electron chi connectivity index (χ2n) is 0.632. The summed E-state index contributed by atoms with van der Waals surface area (Å²) in [6, 6.07) is 0. The summed E-state index contributed by atoms with van der Waals surface area (Å²) in [4.78, 5) is 8.61. The van der Waals surface area contributed by atoms with E-state index in [0.29, 0.717) is 0 Å². The minimum atomic E-state index is -4.67. The van der Waals surface area contributed by atoms with Gasteiger partial charge < -0.3 is 0 Å². The molecule has 0 saturated heterocycles. The molecule has 2 N–H and O–H groups in total. The Morgan fingerprint density at radius 2 is 1.44 bits per heavy atom. The van der Waals surface area contributed by atoms with Gasteiger partial charge in [0.05, 0.1) is 0 Å². The summed E-state index contributed by atoms with van der Waals surface area (Å²) in [7, 11) is -4.67. The van der Waals surface area contributed by atoms with Crippen LogP contribution in [0.5, 0.6) is 0 Å². The quantitative estimate of drug-likeness (QED) is 0.229. The van der Waals surface area contributed by atoms with E-state index in [9.17, 15) is 0 Å². The summed E-state index contributed by atoms with van der Waals surface area (Å²) in [5, 5.41) is 8.61. The van der Waals surface area contributed by atoms with Crippen molar-refractivity contribution in [1.29, 1.82) is 0 Å². The van der Waals surface area contributed by atoms with Crippen LogP contribution in [0.4, 0.5) is 0 Å². The average molecular weight is 208 g/mol. The van der Waals surface area contributed by atoms with Crippen molar-refractivity contribution in [3.8, 4) is 0 Å². The second-order valence-corrected chi connectivity index (χ2v) is 1.87. The predicted molar refractivity (Wildman–Crippen MR) is 21.2 cm³/mol. The Balaban J connectivity index is 0. The predicted octanol–water partition coefficient (Wildman–Crippen LogP) is -0.928. The van der Waals surface area contributed by atoms with E-state index in [2.05, 4.69) is 16.2 Å². The minimum absolute atomic E-state index is 0.938. The van der Waals surface area contributed by atoms with Crippen LogP contribution in [0.2, 0.25) is 0 Å². The van der Waals surface area contributed by atoms with Crippen LogP contribution < -0.4 is 0 Å². The van der Waals surface area contributed by atoms with E-state index in [-0.39, 0.29) is 0 Å². The van der Waals surface area contributed by atoms with Crippen molar-refractivity contribution >= 4 is 10.4 Å². The van der Waals surface area contributed by atoms with Gasteiger partial charge in [-0.25, -0.2) is 0 Å². The maximum atomic E-state index is 8.74. The molecule has 0 aromatic heterocycles. The molecule has 0 aromatic rings.